The fourth-order valence-electron chi connectivity index (χ4n) is 4.40. The zero-order valence-corrected chi connectivity index (χ0v) is 12.0. The third-order valence-corrected chi connectivity index (χ3v) is 5.21. The summed E-state index contributed by atoms with van der Waals surface area (Å²) in [6, 6.07) is 10.0. The number of fused-ring (bicyclic) bond motifs is 1. The van der Waals surface area contributed by atoms with Gasteiger partial charge >= 0.3 is 0 Å². The first-order valence-electron chi connectivity index (χ1n) is 7.61. The van der Waals surface area contributed by atoms with E-state index in [4.69, 9.17) is 0 Å². The Kier molecular flexibility index (Phi) is 3.92. The number of ketones is 1. The first kappa shape index (κ1) is 14.4. The summed E-state index contributed by atoms with van der Waals surface area (Å²) in [7, 11) is 0. The molecule has 0 amide bonds. The first-order chi connectivity index (χ1) is 10.1. The van der Waals surface area contributed by atoms with Crippen LogP contribution in [0.25, 0.3) is 0 Å². The summed E-state index contributed by atoms with van der Waals surface area (Å²) in [6.45, 7) is 4.19. The fourth-order valence-corrected chi connectivity index (χ4v) is 4.40. The lowest BCUT2D eigenvalue weighted by atomic mass is 9.79. The molecular formula is C18H20F2O. The lowest BCUT2D eigenvalue weighted by Gasteiger charge is -2.25. The van der Waals surface area contributed by atoms with Crippen molar-refractivity contribution in [2.24, 2.45) is 17.8 Å². The topological polar surface area (TPSA) is 17.1 Å². The maximum absolute atomic E-state index is 12.6. The van der Waals surface area contributed by atoms with Gasteiger partial charge in [-0.1, -0.05) is 42.5 Å². The summed E-state index contributed by atoms with van der Waals surface area (Å²) >= 11 is 0. The molecule has 112 valence electrons. The standard InChI is InChI=1S/C18H20F2O/c1-11-7-8-13-9-14(10-15(21)18(19)20)17(16(11)13)12-5-3-2-4-6-12/h2-6,13-14,16-18H,1,7-10H2/t13-,14+,16-,17-/m0/s1. The Balaban J connectivity index is 1.89. The van der Waals surface area contributed by atoms with E-state index in [0.717, 1.165) is 19.3 Å². The van der Waals surface area contributed by atoms with Gasteiger partial charge < -0.3 is 0 Å². The number of hydrogen-bond acceptors (Lipinski definition) is 1. The summed E-state index contributed by atoms with van der Waals surface area (Å²) in [5.74, 6) is 0.169. The van der Waals surface area contributed by atoms with Crippen LogP contribution in [-0.4, -0.2) is 12.2 Å². The van der Waals surface area contributed by atoms with Crippen molar-refractivity contribution in [2.75, 3.05) is 0 Å². The molecule has 1 aromatic rings. The van der Waals surface area contributed by atoms with Gasteiger partial charge in [0.1, 0.15) is 0 Å². The quantitative estimate of drug-likeness (QED) is 0.741. The van der Waals surface area contributed by atoms with Gasteiger partial charge in [-0.05, 0) is 48.5 Å². The van der Waals surface area contributed by atoms with Crippen molar-refractivity contribution in [2.45, 2.75) is 38.0 Å². The van der Waals surface area contributed by atoms with Crippen LogP contribution in [0, 0.1) is 17.8 Å². The molecule has 0 saturated heterocycles. The van der Waals surface area contributed by atoms with Gasteiger partial charge in [-0.15, -0.1) is 0 Å². The summed E-state index contributed by atoms with van der Waals surface area (Å²) in [6.07, 6.45) is 0.157. The fraction of sp³-hybridized carbons (Fsp3) is 0.500. The van der Waals surface area contributed by atoms with Crippen molar-refractivity contribution in [3.8, 4) is 0 Å². The SMILES string of the molecule is C=C1CC[C@H]2C[C@H](CC(=O)C(F)F)[C@H](c3ccccc3)[C@@H]12. The highest BCUT2D eigenvalue weighted by Crippen LogP contribution is 2.57. The lowest BCUT2D eigenvalue weighted by Crippen LogP contribution is -2.20. The molecule has 3 rings (SSSR count). The first-order valence-corrected chi connectivity index (χ1v) is 7.61. The van der Waals surface area contributed by atoms with Crippen LogP contribution in [0.2, 0.25) is 0 Å². The number of Topliss-reactive ketones (excluding diaryl/α,β-unsaturated/α-hetero) is 1. The number of carbonyl (C=O) groups is 1. The average Bonchev–Trinajstić information content (AvgIpc) is 3.00. The molecule has 0 bridgehead atoms. The predicted octanol–water partition coefficient (Wildman–Crippen LogP) is 4.60. The molecule has 2 saturated carbocycles. The monoisotopic (exact) mass is 290 g/mol. The second kappa shape index (κ2) is 5.70. The molecule has 1 aromatic carbocycles. The Hall–Kier alpha value is -1.51. The molecule has 21 heavy (non-hydrogen) atoms. The molecule has 1 nitrogen and oxygen atoms in total. The van der Waals surface area contributed by atoms with Crippen LogP contribution in [-0.2, 0) is 4.79 Å². The minimum Gasteiger partial charge on any atom is -0.293 e. The third kappa shape index (κ3) is 2.66. The second-order valence-electron chi connectivity index (χ2n) is 6.39. The van der Waals surface area contributed by atoms with Gasteiger partial charge in [0.2, 0.25) is 0 Å². The summed E-state index contributed by atoms with van der Waals surface area (Å²) in [5, 5.41) is 0. The summed E-state index contributed by atoms with van der Waals surface area (Å²) < 4.78 is 25.2. The number of carbonyl (C=O) groups excluding carboxylic acids is 1. The van der Waals surface area contributed by atoms with Crippen LogP contribution < -0.4 is 0 Å². The van der Waals surface area contributed by atoms with Crippen molar-refractivity contribution in [1.82, 2.24) is 0 Å². The van der Waals surface area contributed by atoms with E-state index < -0.39 is 12.2 Å². The predicted molar refractivity (Wildman–Crippen MR) is 78.3 cm³/mol. The molecule has 0 aromatic heterocycles. The minimum atomic E-state index is -2.84. The Morgan fingerprint density at radius 3 is 2.62 bits per heavy atom. The number of hydrogen-bond donors (Lipinski definition) is 0. The smallest absolute Gasteiger partial charge is 0.293 e. The highest BCUT2D eigenvalue weighted by molar-refractivity contribution is 5.81. The number of benzene rings is 1. The number of halogens is 2. The molecule has 2 aliphatic carbocycles. The van der Waals surface area contributed by atoms with Gasteiger partial charge in [0, 0.05) is 6.42 Å². The van der Waals surface area contributed by atoms with Gasteiger partial charge in [0.15, 0.2) is 5.78 Å². The van der Waals surface area contributed by atoms with E-state index in [0.29, 0.717) is 11.8 Å². The number of allylic oxidation sites excluding steroid dienone is 1. The second-order valence-corrected chi connectivity index (χ2v) is 6.39. The highest BCUT2D eigenvalue weighted by Gasteiger charge is 2.48. The van der Waals surface area contributed by atoms with Crippen LogP contribution in [0.5, 0.6) is 0 Å². The number of alkyl halides is 2. The summed E-state index contributed by atoms with van der Waals surface area (Å²) in [5.41, 5.74) is 2.40. The van der Waals surface area contributed by atoms with Crippen LogP contribution in [0.3, 0.4) is 0 Å². The van der Waals surface area contributed by atoms with E-state index in [2.05, 4.69) is 18.7 Å². The lowest BCUT2D eigenvalue weighted by molar-refractivity contribution is -0.130. The number of rotatable bonds is 4. The molecule has 0 N–H and O–H groups in total. The molecule has 4 atom stereocenters. The molecule has 3 heteroatoms. The van der Waals surface area contributed by atoms with Crippen LogP contribution in [0.1, 0.15) is 37.2 Å². The maximum atomic E-state index is 12.6. The van der Waals surface area contributed by atoms with Gasteiger partial charge in [-0.25, -0.2) is 8.78 Å². The van der Waals surface area contributed by atoms with E-state index in [-0.39, 0.29) is 18.3 Å². The normalized spacial score (nSPS) is 31.7. The third-order valence-electron chi connectivity index (χ3n) is 5.21. The molecule has 0 spiro atoms. The van der Waals surface area contributed by atoms with Crippen LogP contribution in [0.4, 0.5) is 8.78 Å². The van der Waals surface area contributed by atoms with E-state index in [1.807, 2.05) is 18.2 Å². The van der Waals surface area contributed by atoms with E-state index in [1.54, 1.807) is 0 Å². The molecule has 0 heterocycles. The zero-order valence-electron chi connectivity index (χ0n) is 12.0. The molecule has 2 aliphatic rings. The van der Waals surface area contributed by atoms with Crippen molar-refractivity contribution >= 4 is 5.78 Å². The zero-order chi connectivity index (χ0) is 15.0. The Bertz CT molecular complexity index is 537. The van der Waals surface area contributed by atoms with E-state index in [1.165, 1.54) is 11.1 Å². The van der Waals surface area contributed by atoms with Crippen LogP contribution in [0.15, 0.2) is 42.5 Å². The van der Waals surface area contributed by atoms with Crippen molar-refractivity contribution in [1.29, 1.82) is 0 Å². The van der Waals surface area contributed by atoms with Gasteiger partial charge in [-0.3, -0.25) is 4.79 Å². The molecule has 2 fully saturated rings. The van der Waals surface area contributed by atoms with Crippen molar-refractivity contribution < 1.29 is 13.6 Å². The Morgan fingerprint density at radius 1 is 1.24 bits per heavy atom. The maximum Gasteiger partial charge on any atom is 0.295 e. The highest BCUT2D eigenvalue weighted by atomic mass is 19.3. The van der Waals surface area contributed by atoms with Gasteiger partial charge in [-0.2, -0.15) is 0 Å². The van der Waals surface area contributed by atoms with Crippen molar-refractivity contribution in [3.63, 3.8) is 0 Å². The van der Waals surface area contributed by atoms with Gasteiger partial charge in [0.05, 0.1) is 0 Å². The van der Waals surface area contributed by atoms with Gasteiger partial charge in [0.25, 0.3) is 6.43 Å². The summed E-state index contributed by atoms with van der Waals surface area (Å²) in [4.78, 5) is 11.5. The largest absolute Gasteiger partial charge is 0.295 e. The minimum absolute atomic E-state index is 0.00247. The Labute approximate surface area is 124 Å². The molecular weight excluding hydrogens is 270 g/mol. The van der Waals surface area contributed by atoms with E-state index >= 15 is 0 Å². The average molecular weight is 290 g/mol. The van der Waals surface area contributed by atoms with Crippen LogP contribution >= 0.6 is 0 Å². The molecule has 0 radical (unpaired) electrons. The molecule has 0 aliphatic heterocycles. The molecule has 0 unspecified atom stereocenters. The van der Waals surface area contributed by atoms with E-state index in [9.17, 15) is 13.6 Å². The van der Waals surface area contributed by atoms with Crippen molar-refractivity contribution in [3.05, 3.63) is 48.0 Å². The Morgan fingerprint density at radius 2 is 1.95 bits per heavy atom.